The summed E-state index contributed by atoms with van der Waals surface area (Å²) in [5.41, 5.74) is 0.701. The lowest BCUT2D eigenvalue weighted by molar-refractivity contribution is 0.104. The minimum Gasteiger partial charge on any atom is -0.507 e. The first-order chi connectivity index (χ1) is 11.0. The lowest BCUT2D eigenvalue weighted by Crippen LogP contribution is -2.12. The third kappa shape index (κ3) is 2.68. The van der Waals surface area contributed by atoms with E-state index in [0.29, 0.717) is 0 Å². The number of aromatic hydroxyl groups is 1. The van der Waals surface area contributed by atoms with E-state index in [1.165, 1.54) is 19.1 Å². The van der Waals surface area contributed by atoms with Crippen LogP contribution in [0.3, 0.4) is 0 Å². The molecule has 0 aliphatic carbocycles. The molecular formula is C18H15NO4. The van der Waals surface area contributed by atoms with Gasteiger partial charge in [0, 0.05) is 35.8 Å². The number of para-hydroxylation sites is 1. The summed E-state index contributed by atoms with van der Waals surface area (Å²) in [6.45, 7) is 1.53. The molecule has 1 N–H and O–H groups in total. The summed E-state index contributed by atoms with van der Waals surface area (Å²) < 4.78 is 6.82. The molecule has 0 bridgehead atoms. The number of hydrogen-bond acceptors (Lipinski definition) is 4. The Hall–Kier alpha value is -3.08. The fraction of sp³-hybridized carbons (Fsp3) is 0.111. The molecule has 0 atom stereocenters. The van der Waals surface area contributed by atoms with Gasteiger partial charge in [-0.25, -0.2) is 4.79 Å². The van der Waals surface area contributed by atoms with Crippen LogP contribution in [0, 0.1) is 6.92 Å². The van der Waals surface area contributed by atoms with Gasteiger partial charge >= 0.3 is 5.63 Å². The Kier molecular flexibility index (Phi) is 3.62. The molecule has 0 saturated heterocycles. The van der Waals surface area contributed by atoms with Crippen LogP contribution in [0.25, 0.3) is 17.0 Å². The van der Waals surface area contributed by atoms with Gasteiger partial charge in [0.05, 0.1) is 0 Å². The standard InChI is InChI=1S/C18H15NO4/c1-11-9-16(21)17(18(22)23-11)15(20)8-7-12-10-19(2)14-6-4-3-5-13(12)14/h3-10,21H,1-2H3. The van der Waals surface area contributed by atoms with Crippen LogP contribution in [0.2, 0.25) is 0 Å². The normalized spacial score (nSPS) is 11.4. The number of nitrogens with zero attached hydrogens (tertiary/aromatic N) is 1. The van der Waals surface area contributed by atoms with Crippen LogP contribution in [0.1, 0.15) is 21.7 Å². The number of fused-ring (bicyclic) bond motifs is 1. The lowest BCUT2D eigenvalue weighted by Gasteiger charge is -1.99. The number of aryl methyl sites for hydroxylation is 2. The predicted octanol–water partition coefficient (Wildman–Crippen LogP) is 3.04. The Morgan fingerprint density at radius 2 is 2.04 bits per heavy atom. The minimum absolute atomic E-state index is 0.252. The van der Waals surface area contributed by atoms with Crippen molar-refractivity contribution >= 4 is 22.8 Å². The molecule has 0 aliphatic heterocycles. The molecule has 116 valence electrons. The first-order valence-electron chi connectivity index (χ1n) is 7.07. The van der Waals surface area contributed by atoms with Gasteiger partial charge in [0.1, 0.15) is 17.1 Å². The minimum atomic E-state index is -0.838. The topological polar surface area (TPSA) is 72.4 Å². The van der Waals surface area contributed by atoms with Crippen molar-refractivity contribution in [2.45, 2.75) is 6.92 Å². The highest BCUT2D eigenvalue weighted by atomic mass is 16.4. The van der Waals surface area contributed by atoms with Crippen LogP contribution in [0.4, 0.5) is 0 Å². The van der Waals surface area contributed by atoms with Crippen molar-refractivity contribution in [2.75, 3.05) is 0 Å². The maximum Gasteiger partial charge on any atom is 0.351 e. The quantitative estimate of drug-likeness (QED) is 0.596. The van der Waals surface area contributed by atoms with E-state index in [2.05, 4.69) is 0 Å². The van der Waals surface area contributed by atoms with E-state index in [1.807, 2.05) is 42.1 Å². The molecule has 1 aromatic carbocycles. The van der Waals surface area contributed by atoms with E-state index in [-0.39, 0.29) is 17.1 Å². The van der Waals surface area contributed by atoms with E-state index in [1.54, 1.807) is 6.08 Å². The monoisotopic (exact) mass is 309 g/mol. The van der Waals surface area contributed by atoms with Gasteiger partial charge in [-0.15, -0.1) is 0 Å². The van der Waals surface area contributed by atoms with Gasteiger partial charge in [-0.3, -0.25) is 4.79 Å². The van der Waals surface area contributed by atoms with Gasteiger partial charge in [0.2, 0.25) is 0 Å². The van der Waals surface area contributed by atoms with Crippen LogP contribution < -0.4 is 5.63 Å². The molecule has 23 heavy (non-hydrogen) atoms. The van der Waals surface area contributed by atoms with E-state index in [4.69, 9.17) is 4.42 Å². The van der Waals surface area contributed by atoms with Gasteiger partial charge < -0.3 is 14.1 Å². The second-order valence-electron chi connectivity index (χ2n) is 5.31. The van der Waals surface area contributed by atoms with Crippen molar-refractivity contribution in [3.63, 3.8) is 0 Å². The van der Waals surface area contributed by atoms with Gasteiger partial charge in [-0.05, 0) is 25.1 Å². The molecule has 0 radical (unpaired) electrons. The zero-order chi connectivity index (χ0) is 16.6. The highest BCUT2D eigenvalue weighted by Gasteiger charge is 2.16. The second-order valence-corrected chi connectivity index (χ2v) is 5.31. The highest BCUT2D eigenvalue weighted by molar-refractivity contribution is 6.09. The molecular weight excluding hydrogens is 294 g/mol. The van der Waals surface area contributed by atoms with Crippen molar-refractivity contribution in [2.24, 2.45) is 7.05 Å². The zero-order valence-corrected chi connectivity index (χ0v) is 12.7. The summed E-state index contributed by atoms with van der Waals surface area (Å²) in [6, 6.07) is 9.05. The highest BCUT2D eigenvalue weighted by Crippen LogP contribution is 2.22. The first kappa shape index (κ1) is 14.8. The number of carbonyl (C=O) groups is 1. The maximum absolute atomic E-state index is 12.2. The van der Waals surface area contributed by atoms with Crippen molar-refractivity contribution in [1.29, 1.82) is 0 Å². The summed E-state index contributed by atoms with van der Waals surface area (Å²) in [7, 11) is 1.92. The third-order valence-corrected chi connectivity index (χ3v) is 3.64. The van der Waals surface area contributed by atoms with Crippen molar-refractivity contribution in [3.8, 4) is 5.75 Å². The smallest absolute Gasteiger partial charge is 0.351 e. The summed E-state index contributed by atoms with van der Waals surface area (Å²) in [4.78, 5) is 23.9. The van der Waals surface area contributed by atoms with Crippen LogP contribution in [0.5, 0.6) is 5.75 Å². The molecule has 3 rings (SSSR count). The molecule has 5 nitrogen and oxygen atoms in total. The Morgan fingerprint density at radius 3 is 2.78 bits per heavy atom. The fourth-order valence-corrected chi connectivity index (χ4v) is 2.58. The number of ketones is 1. The van der Waals surface area contributed by atoms with Gasteiger partial charge in [0.25, 0.3) is 0 Å². The molecule has 0 fully saturated rings. The van der Waals surface area contributed by atoms with Crippen LogP contribution in [-0.4, -0.2) is 15.5 Å². The molecule has 0 amide bonds. The summed E-state index contributed by atoms with van der Waals surface area (Å²) >= 11 is 0. The number of rotatable bonds is 3. The summed E-state index contributed by atoms with van der Waals surface area (Å²) in [6.07, 6.45) is 4.79. The van der Waals surface area contributed by atoms with E-state index in [9.17, 15) is 14.7 Å². The van der Waals surface area contributed by atoms with Crippen molar-refractivity contribution in [3.05, 3.63) is 69.9 Å². The largest absolute Gasteiger partial charge is 0.507 e. The Balaban J connectivity index is 2.00. The van der Waals surface area contributed by atoms with Gasteiger partial charge in [-0.1, -0.05) is 18.2 Å². The fourth-order valence-electron chi connectivity index (χ4n) is 2.58. The predicted molar refractivity (Wildman–Crippen MR) is 87.7 cm³/mol. The lowest BCUT2D eigenvalue weighted by atomic mass is 10.1. The molecule has 2 heterocycles. The first-order valence-corrected chi connectivity index (χ1v) is 7.07. The molecule has 0 spiro atoms. The van der Waals surface area contributed by atoms with Crippen LogP contribution in [-0.2, 0) is 7.05 Å². The van der Waals surface area contributed by atoms with Crippen molar-refractivity contribution in [1.82, 2.24) is 4.57 Å². The Morgan fingerprint density at radius 1 is 1.30 bits per heavy atom. The average molecular weight is 309 g/mol. The van der Waals surface area contributed by atoms with Crippen LogP contribution >= 0.6 is 0 Å². The number of aromatic nitrogens is 1. The van der Waals surface area contributed by atoms with E-state index < -0.39 is 11.4 Å². The molecule has 0 aliphatic rings. The molecule has 0 unspecified atom stereocenters. The molecule has 5 heteroatoms. The summed E-state index contributed by atoms with van der Waals surface area (Å²) in [5.74, 6) is -0.711. The van der Waals surface area contributed by atoms with Gasteiger partial charge in [0.15, 0.2) is 5.78 Å². The van der Waals surface area contributed by atoms with Crippen LogP contribution in [0.15, 0.2) is 51.8 Å². The summed E-state index contributed by atoms with van der Waals surface area (Å²) in [5, 5.41) is 10.8. The maximum atomic E-state index is 12.2. The zero-order valence-electron chi connectivity index (χ0n) is 12.7. The number of allylic oxidation sites excluding steroid dienone is 1. The molecule has 2 aromatic heterocycles. The van der Waals surface area contributed by atoms with E-state index in [0.717, 1.165) is 16.5 Å². The van der Waals surface area contributed by atoms with Crippen molar-refractivity contribution < 1.29 is 14.3 Å². The Labute approximate surface area is 132 Å². The Bertz CT molecular complexity index is 992. The second kappa shape index (κ2) is 5.61. The SMILES string of the molecule is Cc1cc(O)c(C(=O)C=Cc2cn(C)c3ccccc23)c(=O)o1. The third-order valence-electron chi connectivity index (χ3n) is 3.64. The molecule has 0 saturated carbocycles. The number of hydrogen-bond donors (Lipinski definition) is 1. The van der Waals surface area contributed by atoms with Gasteiger partial charge in [-0.2, -0.15) is 0 Å². The average Bonchev–Trinajstić information content (AvgIpc) is 2.81. The number of carbonyl (C=O) groups excluding carboxylic acids is 1. The van der Waals surface area contributed by atoms with E-state index >= 15 is 0 Å². The number of benzene rings is 1. The molecule has 3 aromatic rings.